The molecular formula is C10H8Cl2N4O. The van der Waals surface area contributed by atoms with E-state index >= 15 is 0 Å². The number of amides is 1. The quantitative estimate of drug-likeness (QED) is 0.892. The number of hydrogen-bond acceptors (Lipinski definition) is 3. The summed E-state index contributed by atoms with van der Waals surface area (Å²) in [5.41, 5.74) is 5.77. The minimum Gasteiger partial charge on any atom is -0.363 e. The van der Waals surface area contributed by atoms with Crippen LogP contribution in [0.3, 0.4) is 0 Å². The number of primary amides is 1. The third-order valence-corrected chi connectivity index (χ3v) is 2.87. The molecule has 1 amide bonds. The van der Waals surface area contributed by atoms with E-state index in [1.54, 1.807) is 18.2 Å². The van der Waals surface area contributed by atoms with Crippen molar-refractivity contribution < 1.29 is 4.79 Å². The number of nitrogens with one attached hydrogen (secondary N) is 1. The Morgan fingerprint density at radius 3 is 2.53 bits per heavy atom. The van der Waals surface area contributed by atoms with Crippen LogP contribution in [-0.4, -0.2) is 21.1 Å². The number of carbonyl (C=O) groups excluding carboxylic acids is 1. The topological polar surface area (TPSA) is 84.7 Å². The highest BCUT2D eigenvalue weighted by Gasteiger charge is 2.12. The lowest BCUT2D eigenvalue weighted by Gasteiger charge is -2.03. The number of halogens is 2. The number of aromatic nitrogens is 3. The van der Waals surface area contributed by atoms with Crippen molar-refractivity contribution in [1.82, 2.24) is 15.2 Å². The second-order valence-corrected chi connectivity index (χ2v) is 4.16. The zero-order valence-electron chi connectivity index (χ0n) is 8.58. The first-order valence-electron chi connectivity index (χ1n) is 4.72. The Morgan fingerprint density at radius 1 is 1.35 bits per heavy atom. The summed E-state index contributed by atoms with van der Waals surface area (Å²) in [6.07, 6.45) is 0.360. The van der Waals surface area contributed by atoms with E-state index in [2.05, 4.69) is 15.2 Å². The third kappa shape index (κ3) is 2.57. The van der Waals surface area contributed by atoms with Crippen LogP contribution in [0.5, 0.6) is 0 Å². The van der Waals surface area contributed by atoms with Crippen LogP contribution in [0.2, 0.25) is 10.0 Å². The van der Waals surface area contributed by atoms with Gasteiger partial charge in [-0.25, -0.2) is 4.98 Å². The molecule has 1 aromatic heterocycles. The molecule has 1 heterocycles. The molecule has 0 saturated carbocycles. The van der Waals surface area contributed by atoms with Crippen molar-refractivity contribution >= 4 is 29.1 Å². The van der Waals surface area contributed by atoms with Gasteiger partial charge in [0.2, 0.25) is 5.82 Å². The van der Waals surface area contributed by atoms with Gasteiger partial charge in [-0.2, -0.15) is 0 Å². The van der Waals surface area contributed by atoms with Crippen LogP contribution in [0.4, 0.5) is 0 Å². The van der Waals surface area contributed by atoms with E-state index in [0.29, 0.717) is 22.3 Å². The molecule has 0 fully saturated rings. The average Bonchev–Trinajstić information content (AvgIpc) is 2.72. The van der Waals surface area contributed by atoms with Crippen molar-refractivity contribution in [2.75, 3.05) is 0 Å². The Hall–Kier alpha value is -1.59. The predicted octanol–water partition coefficient (Wildman–Crippen LogP) is 1.80. The summed E-state index contributed by atoms with van der Waals surface area (Å²) in [5.74, 6) is -0.255. The van der Waals surface area contributed by atoms with Crippen molar-refractivity contribution in [2.24, 2.45) is 5.73 Å². The number of rotatable bonds is 3. The fraction of sp³-hybridized carbons (Fsp3) is 0.100. The maximum atomic E-state index is 10.8. The first kappa shape index (κ1) is 11.9. The van der Waals surface area contributed by atoms with Crippen molar-refractivity contribution in [3.05, 3.63) is 45.5 Å². The first-order chi connectivity index (χ1) is 8.08. The van der Waals surface area contributed by atoms with Gasteiger partial charge in [-0.15, -0.1) is 5.10 Å². The van der Waals surface area contributed by atoms with Gasteiger partial charge in [0.25, 0.3) is 5.91 Å². The lowest BCUT2D eigenvalue weighted by Crippen LogP contribution is -2.12. The molecule has 7 heteroatoms. The fourth-order valence-corrected chi connectivity index (χ4v) is 1.88. The Kier molecular flexibility index (Phi) is 3.31. The molecule has 5 nitrogen and oxygen atoms in total. The van der Waals surface area contributed by atoms with Gasteiger partial charge in [0.1, 0.15) is 5.82 Å². The lowest BCUT2D eigenvalue weighted by molar-refractivity contribution is 0.0991. The van der Waals surface area contributed by atoms with Crippen molar-refractivity contribution in [3.63, 3.8) is 0 Å². The molecule has 3 N–H and O–H groups in total. The smallest absolute Gasteiger partial charge is 0.288 e. The van der Waals surface area contributed by atoms with Gasteiger partial charge in [0.15, 0.2) is 0 Å². The number of H-pyrrole nitrogens is 1. The SMILES string of the molecule is NC(=O)c1n[nH]c(Cc2c(Cl)cccc2Cl)n1. The molecule has 0 atom stereocenters. The zero-order valence-corrected chi connectivity index (χ0v) is 10.1. The van der Waals surface area contributed by atoms with E-state index in [-0.39, 0.29) is 5.82 Å². The van der Waals surface area contributed by atoms with Crippen LogP contribution in [-0.2, 0) is 6.42 Å². The van der Waals surface area contributed by atoms with Gasteiger partial charge >= 0.3 is 0 Å². The molecule has 0 bridgehead atoms. The zero-order chi connectivity index (χ0) is 12.4. The van der Waals surface area contributed by atoms with E-state index < -0.39 is 5.91 Å². The van der Waals surface area contributed by atoms with Crippen LogP contribution >= 0.6 is 23.2 Å². The lowest BCUT2D eigenvalue weighted by atomic mass is 10.1. The Labute approximate surface area is 107 Å². The van der Waals surface area contributed by atoms with E-state index in [1.165, 1.54) is 0 Å². The summed E-state index contributed by atoms with van der Waals surface area (Å²) in [7, 11) is 0. The monoisotopic (exact) mass is 270 g/mol. The normalized spacial score (nSPS) is 10.5. The van der Waals surface area contributed by atoms with E-state index in [1.807, 2.05) is 0 Å². The third-order valence-electron chi connectivity index (χ3n) is 2.16. The molecule has 0 aliphatic carbocycles. The summed E-state index contributed by atoms with van der Waals surface area (Å²) in [5, 5.41) is 7.36. The summed E-state index contributed by atoms with van der Waals surface area (Å²) in [6, 6.07) is 5.21. The Morgan fingerprint density at radius 2 is 2.00 bits per heavy atom. The molecule has 0 unspecified atom stereocenters. The fourth-order valence-electron chi connectivity index (χ4n) is 1.35. The van der Waals surface area contributed by atoms with Crippen LogP contribution in [0.1, 0.15) is 22.0 Å². The Balaban J connectivity index is 2.28. The Bertz CT molecular complexity index is 547. The maximum Gasteiger partial charge on any atom is 0.288 e. The van der Waals surface area contributed by atoms with E-state index in [9.17, 15) is 4.79 Å². The molecule has 0 saturated heterocycles. The number of nitrogens with zero attached hydrogens (tertiary/aromatic N) is 2. The van der Waals surface area contributed by atoms with E-state index in [0.717, 1.165) is 5.56 Å². The largest absolute Gasteiger partial charge is 0.363 e. The van der Waals surface area contributed by atoms with Gasteiger partial charge in [-0.1, -0.05) is 29.3 Å². The highest BCUT2D eigenvalue weighted by atomic mass is 35.5. The maximum absolute atomic E-state index is 10.8. The van der Waals surface area contributed by atoms with Crippen LogP contribution < -0.4 is 5.73 Å². The minimum atomic E-state index is -0.683. The number of aromatic amines is 1. The molecule has 1 aromatic carbocycles. The number of hydrogen-bond donors (Lipinski definition) is 2. The molecule has 17 heavy (non-hydrogen) atoms. The molecular weight excluding hydrogens is 263 g/mol. The first-order valence-corrected chi connectivity index (χ1v) is 5.47. The highest BCUT2D eigenvalue weighted by Crippen LogP contribution is 2.25. The summed E-state index contributed by atoms with van der Waals surface area (Å²) in [6.45, 7) is 0. The molecule has 2 aromatic rings. The van der Waals surface area contributed by atoms with Crippen molar-refractivity contribution in [1.29, 1.82) is 0 Å². The summed E-state index contributed by atoms with van der Waals surface area (Å²) < 4.78 is 0. The molecule has 0 spiro atoms. The van der Waals surface area contributed by atoms with E-state index in [4.69, 9.17) is 28.9 Å². The van der Waals surface area contributed by atoms with Crippen LogP contribution in [0.25, 0.3) is 0 Å². The summed E-state index contributed by atoms with van der Waals surface area (Å²) in [4.78, 5) is 14.8. The standard InChI is InChI=1S/C10H8Cl2N4O/c11-6-2-1-3-7(12)5(6)4-8-14-10(9(13)17)16-15-8/h1-3H,4H2,(H2,13,17)(H,14,15,16). The molecule has 88 valence electrons. The number of nitrogens with two attached hydrogens (primary N) is 1. The predicted molar refractivity (Wildman–Crippen MR) is 64.2 cm³/mol. The number of benzene rings is 1. The van der Waals surface area contributed by atoms with Gasteiger partial charge < -0.3 is 5.73 Å². The minimum absolute atomic E-state index is 0.0526. The second-order valence-electron chi connectivity index (χ2n) is 3.35. The molecule has 0 aliphatic heterocycles. The van der Waals surface area contributed by atoms with Gasteiger partial charge in [0.05, 0.1) is 0 Å². The molecule has 0 radical (unpaired) electrons. The van der Waals surface area contributed by atoms with Crippen molar-refractivity contribution in [3.8, 4) is 0 Å². The van der Waals surface area contributed by atoms with Gasteiger partial charge in [-0.05, 0) is 17.7 Å². The van der Waals surface area contributed by atoms with Crippen LogP contribution in [0.15, 0.2) is 18.2 Å². The molecule has 2 rings (SSSR count). The van der Waals surface area contributed by atoms with Crippen molar-refractivity contribution in [2.45, 2.75) is 6.42 Å². The van der Waals surface area contributed by atoms with Gasteiger partial charge in [0, 0.05) is 16.5 Å². The highest BCUT2D eigenvalue weighted by molar-refractivity contribution is 6.36. The average molecular weight is 271 g/mol. The van der Waals surface area contributed by atoms with Gasteiger partial charge in [-0.3, -0.25) is 9.89 Å². The number of carbonyl (C=O) groups is 1. The van der Waals surface area contributed by atoms with Crippen LogP contribution in [0, 0.1) is 0 Å². The molecule has 0 aliphatic rings. The second kappa shape index (κ2) is 4.73. The summed E-state index contributed by atoms with van der Waals surface area (Å²) >= 11 is 12.0.